The number of benzene rings is 2. The van der Waals surface area contributed by atoms with Crippen LogP contribution in [0, 0.1) is 0 Å². The lowest BCUT2D eigenvalue weighted by atomic mass is 10.0. The molecule has 8 heteroatoms. The molecule has 0 saturated carbocycles. The van der Waals surface area contributed by atoms with Crippen LogP contribution >= 0.6 is 0 Å². The Kier molecular flexibility index (Phi) is 6.49. The standard InChI is InChI=1S/C24H28N4O4/c1-30-18-8-6-16(7-9-18)21-14-23(27-26-21)28-12-4-5-17(15-28)25-24(29)20-11-10-19(31-2)13-22(20)32-3/h6-11,13-14,17H,4-5,12,15H2,1-3H3,(H,25,29)(H,26,27)/t17-/m1/s1. The summed E-state index contributed by atoms with van der Waals surface area (Å²) in [6.45, 7) is 1.59. The molecule has 1 aliphatic rings. The zero-order chi connectivity index (χ0) is 22.5. The van der Waals surface area contributed by atoms with Crippen LogP contribution < -0.4 is 24.4 Å². The van der Waals surface area contributed by atoms with Crippen LogP contribution in [0.15, 0.2) is 48.5 Å². The van der Waals surface area contributed by atoms with Crippen molar-refractivity contribution in [2.24, 2.45) is 0 Å². The Hall–Kier alpha value is -3.68. The van der Waals surface area contributed by atoms with Crippen molar-refractivity contribution >= 4 is 11.7 Å². The van der Waals surface area contributed by atoms with Crippen molar-refractivity contribution in [3.8, 4) is 28.5 Å². The van der Waals surface area contributed by atoms with Crippen LogP contribution in [0.4, 0.5) is 5.82 Å². The number of carbonyl (C=O) groups is 1. The normalized spacial score (nSPS) is 15.8. The van der Waals surface area contributed by atoms with E-state index in [1.54, 1.807) is 39.5 Å². The zero-order valence-corrected chi connectivity index (χ0v) is 18.6. The fraction of sp³-hybridized carbons (Fsp3) is 0.333. The van der Waals surface area contributed by atoms with Crippen LogP contribution in [-0.2, 0) is 0 Å². The van der Waals surface area contributed by atoms with Gasteiger partial charge in [0.2, 0.25) is 0 Å². The molecule has 1 atom stereocenters. The van der Waals surface area contributed by atoms with E-state index in [-0.39, 0.29) is 11.9 Å². The van der Waals surface area contributed by atoms with Gasteiger partial charge >= 0.3 is 0 Å². The van der Waals surface area contributed by atoms with Crippen LogP contribution in [0.3, 0.4) is 0 Å². The summed E-state index contributed by atoms with van der Waals surface area (Å²) in [6.07, 6.45) is 1.88. The average molecular weight is 437 g/mol. The first-order valence-corrected chi connectivity index (χ1v) is 10.6. The summed E-state index contributed by atoms with van der Waals surface area (Å²) in [6, 6.07) is 15.1. The summed E-state index contributed by atoms with van der Waals surface area (Å²) >= 11 is 0. The number of nitrogens with one attached hydrogen (secondary N) is 2. The number of anilines is 1. The predicted molar refractivity (Wildman–Crippen MR) is 123 cm³/mol. The van der Waals surface area contributed by atoms with Crippen molar-refractivity contribution in [2.45, 2.75) is 18.9 Å². The Labute approximate surface area is 187 Å². The monoisotopic (exact) mass is 436 g/mol. The van der Waals surface area contributed by atoms with Crippen molar-refractivity contribution in [1.29, 1.82) is 0 Å². The molecule has 1 fully saturated rings. The fourth-order valence-corrected chi connectivity index (χ4v) is 3.94. The molecule has 0 aliphatic carbocycles. The molecule has 2 aromatic carbocycles. The molecule has 1 aromatic heterocycles. The summed E-state index contributed by atoms with van der Waals surface area (Å²) in [7, 11) is 4.78. The van der Waals surface area contributed by atoms with Gasteiger partial charge in [0.1, 0.15) is 17.2 Å². The molecule has 3 aromatic rings. The topological polar surface area (TPSA) is 88.7 Å². The fourth-order valence-electron chi connectivity index (χ4n) is 3.94. The van der Waals surface area contributed by atoms with Crippen LogP contribution in [0.2, 0.25) is 0 Å². The summed E-state index contributed by atoms with van der Waals surface area (Å²) < 4.78 is 15.8. The molecule has 32 heavy (non-hydrogen) atoms. The van der Waals surface area contributed by atoms with E-state index in [1.165, 1.54) is 0 Å². The van der Waals surface area contributed by atoms with Crippen molar-refractivity contribution in [3.63, 3.8) is 0 Å². The number of H-pyrrole nitrogens is 1. The number of hydrogen-bond donors (Lipinski definition) is 2. The summed E-state index contributed by atoms with van der Waals surface area (Å²) in [5.41, 5.74) is 2.47. The van der Waals surface area contributed by atoms with E-state index in [1.807, 2.05) is 30.3 Å². The molecule has 1 saturated heterocycles. The minimum atomic E-state index is -0.155. The molecular weight excluding hydrogens is 408 g/mol. The maximum absolute atomic E-state index is 12.9. The molecule has 4 rings (SSSR count). The molecule has 0 spiro atoms. The van der Waals surface area contributed by atoms with Crippen LogP contribution in [0.25, 0.3) is 11.3 Å². The van der Waals surface area contributed by atoms with Crippen LogP contribution in [-0.4, -0.2) is 56.6 Å². The first-order valence-electron chi connectivity index (χ1n) is 10.6. The number of carbonyl (C=O) groups excluding carboxylic acids is 1. The highest BCUT2D eigenvalue weighted by atomic mass is 16.5. The van der Waals surface area contributed by atoms with Gasteiger partial charge in [0.15, 0.2) is 5.82 Å². The third kappa shape index (κ3) is 4.64. The van der Waals surface area contributed by atoms with Gasteiger partial charge in [-0.15, -0.1) is 0 Å². The van der Waals surface area contributed by atoms with Crippen LogP contribution in [0.5, 0.6) is 17.2 Å². The number of nitrogens with zero attached hydrogens (tertiary/aromatic N) is 2. The number of amides is 1. The van der Waals surface area contributed by atoms with Gasteiger partial charge in [-0.25, -0.2) is 0 Å². The first kappa shape index (κ1) is 21.5. The second-order valence-corrected chi connectivity index (χ2v) is 7.69. The van der Waals surface area contributed by atoms with E-state index in [0.29, 0.717) is 23.6 Å². The Balaban J connectivity index is 1.42. The van der Waals surface area contributed by atoms with Gasteiger partial charge in [-0.05, 0) is 54.8 Å². The third-order valence-electron chi connectivity index (χ3n) is 5.70. The van der Waals surface area contributed by atoms with E-state index >= 15 is 0 Å². The van der Waals surface area contributed by atoms with E-state index in [4.69, 9.17) is 14.2 Å². The van der Waals surface area contributed by atoms with Gasteiger partial charge in [-0.3, -0.25) is 9.89 Å². The van der Waals surface area contributed by atoms with E-state index < -0.39 is 0 Å². The number of hydrogen-bond acceptors (Lipinski definition) is 6. The molecule has 2 heterocycles. The maximum atomic E-state index is 12.9. The minimum absolute atomic E-state index is 0.0178. The van der Waals surface area contributed by atoms with Crippen molar-refractivity contribution in [1.82, 2.24) is 15.5 Å². The third-order valence-corrected chi connectivity index (χ3v) is 5.70. The smallest absolute Gasteiger partial charge is 0.255 e. The summed E-state index contributed by atoms with van der Waals surface area (Å²) in [5, 5.41) is 10.8. The molecule has 0 radical (unpaired) electrons. The van der Waals surface area contributed by atoms with Gasteiger partial charge < -0.3 is 24.4 Å². The van der Waals surface area contributed by atoms with Gasteiger partial charge in [-0.1, -0.05) is 0 Å². The summed E-state index contributed by atoms with van der Waals surface area (Å²) in [5.74, 6) is 2.67. The van der Waals surface area contributed by atoms with Crippen molar-refractivity contribution in [2.75, 3.05) is 39.3 Å². The van der Waals surface area contributed by atoms with Gasteiger partial charge in [0, 0.05) is 31.3 Å². The number of piperidine rings is 1. The molecule has 8 nitrogen and oxygen atoms in total. The molecule has 168 valence electrons. The SMILES string of the molecule is COc1ccc(-c2cc(N3CCC[C@@H](NC(=O)c4ccc(OC)cc4OC)C3)n[nH]2)cc1. The Bertz CT molecular complexity index is 1060. The minimum Gasteiger partial charge on any atom is -0.497 e. The zero-order valence-electron chi connectivity index (χ0n) is 18.6. The number of ether oxygens (including phenoxy) is 3. The molecule has 1 aliphatic heterocycles. The molecule has 2 N–H and O–H groups in total. The van der Waals surface area contributed by atoms with Crippen molar-refractivity contribution < 1.29 is 19.0 Å². The predicted octanol–water partition coefficient (Wildman–Crippen LogP) is 3.50. The molecular formula is C24H28N4O4. The highest BCUT2D eigenvalue weighted by Gasteiger charge is 2.25. The quantitative estimate of drug-likeness (QED) is 0.589. The lowest BCUT2D eigenvalue weighted by Gasteiger charge is -2.33. The number of rotatable bonds is 7. The lowest BCUT2D eigenvalue weighted by molar-refractivity contribution is 0.0930. The van der Waals surface area contributed by atoms with Crippen LogP contribution in [0.1, 0.15) is 23.2 Å². The van der Waals surface area contributed by atoms with E-state index in [9.17, 15) is 4.79 Å². The average Bonchev–Trinajstić information content (AvgIpc) is 3.34. The van der Waals surface area contributed by atoms with E-state index in [2.05, 4.69) is 20.4 Å². The summed E-state index contributed by atoms with van der Waals surface area (Å²) in [4.78, 5) is 15.1. The Morgan fingerprint density at radius 2 is 1.78 bits per heavy atom. The number of aromatic nitrogens is 2. The molecule has 0 bridgehead atoms. The highest BCUT2D eigenvalue weighted by Crippen LogP contribution is 2.27. The number of methoxy groups -OCH3 is 3. The molecule has 0 unspecified atom stereocenters. The van der Waals surface area contributed by atoms with Crippen molar-refractivity contribution in [3.05, 3.63) is 54.1 Å². The lowest BCUT2D eigenvalue weighted by Crippen LogP contribution is -2.48. The van der Waals surface area contributed by atoms with Gasteiger partial charge in [0.05, 0.1) is 32.6 Å². The Morgan fingerprint density at radius 3 is 2.50 bits per heavy atom. The van der Waals surface area contributed by atoms with E-state index in [0.717, 1.165) is 42.2 Å². The maximum Gasteiger partial charge on any atom is 0.255 e. The van der Waals surface area contributed by atoms with Gasteiger partial charge in [0.25, 0.3) is 5.91 Å². The molecule has 1 amide bonds. The number of aromatic amines is 1. The highest BCUT2D eigenvalue weighted by molar-refractivity contribution is 5.97. The Morgan fingerprint density at radius 1 is 1.03 bits per heavy atom. The second kappa shape index (κ2) is 9.64. The largest absolute Gasteiger partial charge is 0.497 e. The second-order valence-electron chi connectivity index (χ2n) is 7.69. The first-order chi connectivity index (χ1) is 15.6. The van der Waals surface area contributed by atoms with Gasteiger partial charge in [-0.2, -0.15) is 5.10 Å².